The lowest BCUT2D eigenvalue weighted by Gasteiger charge is -2.38. The van der Waals surface area contributed by atoms with Crippen molar-refractivity contribution in [1.82, 2.24) is 10.3 Å². The predicted molar refractivity (Wildman–Crippen MR) is 59.9 cm³/mol. The van der Waals surface area contributed by atoms with E-state index in [2.05, 4.69) is 17.2 Å². The number of hydrogen-bond acceptors (Lipinski definition) is 3. The minimum atomic E-state index is 0.319. The van der Waals surface area contributed by atoms with Crippen LogP contribution in [0.25, 0.3) is 0 Å². The minimum Gasteiger partial charge on any atom is -0.380 e. The molecule has 3 nitrogen and oxygen atoms in total. The van der Waals surface area contributed by atoms with Crippen molar-refractivity contribution in [3.05, 3.63) is 29.0 Å². The van der Waals surface area contributed by atoms with Gasteiger partial charge in [0.2, 0.25) is 0 Å². The Morgan fingerprint density at radius 2 is 2.33 bits per heavy atom. The summed E-state index contributed by atoms with van der Waals surface area (Å²) in [5.74, 6) is 0. The fraction of sp³-hybridized carbons (Fsp3) is 0.545. The van der Waals surface area contributed by atoms with Crippen LogP contribution in [0.3, 0.4) is 0 Å². The highest BCUT2D eigenvalue weighted by Crippen LogP contribution is 2.25. The Bertz CT molecular complexity index is 322. The lowest BCUT2D eigenvalue weighted by atomic mass is 9.89. The molecule has 0 spiro atoms. The molecule has 0 atom stereocenters. The summed E-state index contributed by atoms with van der Waals surface area (Å²) >= 11 is 5.70. The van der Waals surface area contributed by atoms with E-state index in [0.717, 1.165) is 31.9 Å². The highest BCUT2D eigenvalue weighted by Gasteiger charge is 2.32. The maximum absolute atomic E-state index is 5.70. The summed E-state index contributed by atoms with van der Waals surface area (Å²) in [6.07, 6.45) is 1.80. The largest absolute Gasteiger partial charge is 0.380 e. The zero-order valence-electron chi connectivity index (χ0n) is 8.79. The van der Waals surface area contributed by atoms with E-state index in [1.165, 1.54) is 0 Å². The molecule has 4 heteroatoms. The number of aromatic nitrogens is 1. The van der Waals surface area contributed by atoms with Crippen LogP contribution in [0.1, 0.15) is 12.5 Å². The van der Waals surface area contributed by atoms with Crippen molar-refractivity contribution >= 4 is 11.6 Å². The van der Waals surface area contributed by atoms with Crippen molar-refractivity contribution in [1.29, 1.82) is 0 Å². The van der Waals surface area contributed by atoms with Gasteiger partial charge in [-0.25, -0.2) is 4.98 Å². The molecular weight excluding hydrogens is 212 g/mol. The summed E-state index contributed by atoms with van der Waals surface area (Å²) in [7, 11) is 0. The van der Waals surface area contributed by atoms with Crippen molar-refractivity contribution in [3.8, 4) is 0 Å². The summed E-state index contributed by atoms with van der Waals surface area (Å²) in [5, 5.41) is 3.94. The second-order valence-corrected chi connectivity index (χ2v) is 4.78. The average Bonchev–Trinajstić information content (AvgIpc) is 2.19. The lowest BCUT2D eigenvalue weighted by Crippen LogP contribution is -2.47. The Balaban J connectivity index is 1.76. The molecule has 15 heavy (non-hydrogen) atoms. The first-order valence-corrected chi connectivity index (χ1v) is 5.45. The average molecular weight is 227 g/mol. The molecule has 82 valence electrons. The Morgan fingerprint density at radius 3 is 2.87 bits per heavy atom. The monoisotopic (exact) mass is 226 g/mol. The Morgan fingerprint density at radius 1 is 1.53 bits per heavy atom. The fourth-order valence-electron chi connectivity index (χ4n) is 1.57. The molecule has 1 aliphatic heterocycles. The smallest absolute Gasteiger partial charge is 0.129 e. The van der Waals surface area contributed by atoms with E-state index in [-0.39, 0.29) is 0 Å². The summed E-state index contributed by atoms with van der Waals surface area (Å²) in [4.78, 5) is 4.03. The van der Waals surface area contributed by atoms with Crippen LogP contribution in [0.4, 0.5) is 0 Å². The van der Waals surface area contributed by atoms with Gasteiger partial charge in [0.15, 0.2) is 0 Å². The number of nitrogens with zero attached hydrogens (tertiary/aromatic N) is 1. The molecule has 0 amide bonds. The second-order valence-electron chi connectivity index (χ2n) is 4.40. The molecule has 0 radical (unpaired) electrons. The topological polar surface area (TPSA) is 34.2 Å². The normalized spacial score (nSPS) is 18.5. The van der Waals surface area contributed by atoms with E-state index in [1.807, 2.05) is 12.1 Å². The molecule has 0 bridgehead atoms. The number of ether oxygens (including phenoxy) is 1. The molecule has 2 heterocycles. The molecule has 1 N–H and O–H groups in total. The number of halogens is 1. The van der Waals surface area contributed by atoms with E-state index in [9.17, 15) is 0 Å². The fourth-order valence-corrected chi connectivity index (χ4v) is 1.68. The van der Waals surface area contributed by atoms with E-state index >= 15 is 0 Å². The first-order chi connectivity index (χ1) is 7.18. The summed E-state index contributed by atoms with van der Waals surface area (Å²) in [6.45, 7) is 5.76. The van der Waals surface area contributed by atoms with Crippen LogP contribution in [0.2, 0.25) is 5.15 Å². The van der Waals surface area contributed by atoms with E-state index in [0.29, 0.717) is 10.6 Å². The Labute approximate surface area is 94.8 Å². The molecule has 1 aromatic rings. The summed E-state index contributed by atoms with van der Waals surface area (Å²) in [5.41, 5.74) is 1.48. The lowest BCUT2D eigenvalue weighted by molar-refractivity contribution is -0.0991. The summed E-state index contributed by atoms with van der Waals surface area (Å²) in [6, 6.07) is 3.80. The van der Waals surface area contributed by atoms with Crippen molar-refractivity contribution in [2.24, 2.45) is 5.41 Å². The van der Waals surface area contributed by atoms with Gasteiger partial charge in [0, 0.05) is 24.7 Å². The SMILES string of the molecule is CC1(CNCc2ccc(Cl)nc2)COC1. The molecule has 1 fully saturated rings. The van der Waals surface area contributed by atoms with Gasteiger partial charge in [0.1, 0.15) is 5.15 Å². The van der Waals surface area contributed by atoms with Crippen molar-refractivity contribution in [2.75, 3.05) is 19.8 Å². The number of hydrogen-bond donors (Lipinski definition) is 1. The van der Waals surface area contributed by atoms with Gasteiger partial charge in [-0.15, -0.1) is 0 Å². The highest BCUT2D eigenvalue weighted by molar-refractivity contribution is 6.29. The van der Waals surface area contributed by atoms with Crippen LogP contribution >= 0.6 is 11.6 Å². The zero-order valence-corrected chi connectivity index (χ0v) is 9.55. The molecule has 0 aromatic carbocycles. The molecular formula is C11H15ClN2O. The predicted octanol–water partition coefficient (Wildman–Crippen LogP) is 1.86. The molecule has 1 saturated heterocycles. The quantitative estimate of drug-likeness (QED) is 0.796. The van der Waals surface area contributed by atoms with Crippen LogP contribution < -0.4 is 5.32 Å². The minimum absolute atomic E-state index is 0.319. The van der Waals surface area contributed by atoms with Crippen molar-refractivity contribution < 1.29 is 4.74 Å². The molecule has 0 saturated carbocycles. The number of nitrogens with one attached hydrogen (secondary N) is 1. The third-order valence-corrected chi connectivity index (χ3v) is 2.79. The first kappa shape index (κ1) is 10.9. The van der Waals surface area contributed by atoms with E-state index in [4.69, 9.17) is 16.3 Å². The molecule has 1 aromatic heterocycles. The maximum atomic E-state index is 5.70. The van der Waals surface area contributed by atoms with Crippen molar-refractivity contribution in [2.45, 2.75) is 13.5 Å². The van der Waals surface area contributed by atoms with Crippen LogP contribution in [0, 0.1) is 5.41 Å². The maximum Gasteiger partial charge on any atom is 0.129 e. The van der Waals surface area contributed by atoms with Crippen LogP contribution in [-0.4, -0.2) is 24.7 Å². The van der Waals surface area contributed by atoms with Crippen LogP contribution in [0.5, 0.6) is 0 Å². The van der Waals surface area contributed by atoms with E-state index < -0.39 is 0 Å². The van der Waals surface area contributed by atoms with Gasteiger partial charge in [-0.3, -0.25) is 0 Å². The highest BCUT2D eigenvalue weighted by atomic mass is 35.5. The van der Waals surface area contributed by atoms with E-state index in [1.54, 1.807) is 6.20 Å². The van der Waals surface area contributed by atoms with Gasteiger partial charge in [0.25, 0.3) is 0 Å². The van der Waals surface area contributed by atoms with Crippen LogP contribution in [0.15, 0.2) is 18.3 Å². The standard InChI is InChI=1S/C11H15ClN2O/c1-11(7-15-8-11)6-13-4-9-2-3-10(12)14-5-9/h2-3,5,13H,4,6-8H2,1H3. The summed E-state index contributed by atoms with van der Waals surface area (Å²) < 4.78 is 5.19. The van der Waals surface area contributed by atoms with Crippen molar-refractivity contribution in [3.63, 3.8) is 0 Å². The van der Waals surface area contributed by atoms with Gasteiger partial charge in [-0.2, -0.15) is 0 Å². The Kier molecular flexibility index (Phi) is 3.24. The first-order valence-electron chi connectivity index (χ1n) is 5.07. The third-order valence-electron chi connectivity index (χ3n) is 2.57. The molecule has 2 rings (SSSR count). The van der Waals surface area contributed by atoms with Gasteiger partial charge in [-0.1, -0.05) is 24.6 Å². The van der Waals surface area contributed by atoms with Gasteiger partial charge < -0.3 is 10.1 Å². The third kappa shape index (κ3) is 2.91. The zero-order chi connectivity index (χ0) is 10.7. The number of pyridine rings is 1. The molecule has 1 aliphatic rings. The van der Waals surface area contributed by atoms with Crippen LogP contribution in [-0.2, 0) is 11.3 Å². The van der Waals surface area contributed by atoms with Gasteiger partial charge in [-0.05, 0) is 11.6 Å². The second kappa shape index (κ2) is 4.47. The molecule has 0 unspecified atom stereocenters. The number of rotatable bonds is 4. The van der Waals surface area contributed by atoms with Gasteiger partial charge in [0.05, 0.1) is 13.2 Å². The van der Waals surface area contributed by atoms with Gasteiger partial charge >= 0.3 is 0 Å². The Hall–Kier alpha value is -0.640. The molecule has 0 aliphatic carbocycles.